The molecule has 0 spiro atoms. The lowest BCUT2D eigenvalue weighted by Crippen LogP contribution is -2.24. The van der Waals surface area contributed by atoms with Crippen molar-refractivity contribution in [2.75, 3.05) is 7.05 Å². The van der Waals surface area contributed by atoms with Crippen LogP contribution in [0.4, 0.5) is 0 Å². The Balaban J connectivity index is 2.03. The number of hydrogen-bond acceptors (Lipinski definition) is 2. The van der Waals surface area contributed by atoms with Crippen LogP contribution in [0.3, 0.4) is 0 Å². The summed E-state index contributed by atoms with van der Waals surface area (Å²) in [5.41, 5.74) is 3.99. The molecule has 2 rings (SSSR count). The summed E-state index contributed by atoms with van der Waals surface area (Å²) in [6.07, 6.45) is 4.28. The van der Waals surface area contributed by atoms with Gasteiger partial charge in [0, 0.05) is 32.3 Å². The van der Waals surface area contributed by atoms with E-state index in [4.69, 9.17) is 11.6 Å². The second-order valence-electron chi connectivity index (χ2n) is 5.61. The van der Waals surface area contributed by atoms with Crippen molar-refractivity contribution in [2.24, 2.45) is 7.05 Å². The number of carbonyl (C=O) groups excluding carboxylic acids is 1. The fourth-order valence-corrected chi connectivity index (χ4v) is 2.59. The summed E-state index contributed by atoms with van der Waals surface area (Å²) >= 11 is 6.16. The quantitative estimate of drug-likeness (QED) is 0.785. The maximum Gasteiger partial charge on any atom is 0.246 e. The minimum absolute atomic E-state index is 0.0658. The standard InChI is InChI=1S/C18H22ClN3O/c1-5-14-6-8-15(9-7-14)12-21(3)17(23)11-10-16-13(2)20-22(4)18(16)19/h6-11H,5,12H2,1-4H3/b11-10+. The lowest BCUT2D eigenvalue weighted by Gasteiger charge is -2.15. The molecule has 1 heterocycles. The Bertz CT molecular complexity index is 717. The van der Waals surface area contributed by atoms with Crippen molar-refractivity contribution in [1.82, 2.24) is 14.7 Å². The Kier molecular flexibility index (Phi) is 5.61. The zero-order valence-corrected chi connectivity index (χ0v) is 14.8. The number of rotatable bonds is 5. The van der Waals surface area contributed by atoms with Crippen molar-refractivity contribution in [2.45, 2.75) is 26.8 Å². The van der Waals surface area contributed by atoms with E-state index >= 15 is 0 Å². The number of hydrogen-bond donors (Lipinski definition) is 0. The molecule has 1 aromatic heterocycles. The minimum atomic E-state index is -0.0658. The first-order chi connectivity index (χ1) is 10.9. The maximum atomic E-state index is 12.2. The second kappa shape index (κ2) is 7.47. The maximum absolute atomic E-state index is 12.2. The Morgan fingerprint density at radius 2 is 1.91 bits per heavy atom. The third kappa shape index (κ3) is 4.23. The van der Waals surface area contributed by atoms with Gasteiger partial charge in [0.05, 0.1) is 5.69 Å². The molecule has 0 saturated carbocycles. The highest BCUT2D eigenvalue weighted by atomic mass is 35.5. The number of amides is 1. The fraction of sp³-hybridized carbons (Fsp3) is 0.333. The molecule has 0 atom stereocenters. The van der Waals surface area contributed by atoms with Crippen molar-refractivity contribution < 1.29 is 4.79 Å². The first-order valence-electron chi connectivity index (χ1n) is 7.62. The first-order valence-corrected chi connectivity index (χ1v) is 8.00. The summed E-state index contributed by atoms with van der Waals surface area (Å²) in [6.45, 7) is 4.57. The van der Waals surface area contributed by atoms with Gasteiger partial charge in [0.1, 0.15) is 5.15 Å². The molecule has 2 aromatic rings. The van der Waals surface area contributed by atoms with Crippen LogP contribution in [0.5, 0.6) is 0 Å². The van der Waals surface area contributed by atoms with Crippen LogP contribution in [0.15, 0.2) is 30.3 Å². The molecule has 1 amide bonds. The Labute approximate surface area is 142 Å². The Hall–Kier alpha value is -2.07. The molecular weight excluding hydrogens is 310 g/mol. The molecule has 0 radical (unpaired) electrons. The normalized spacial score (nSPS) is 11.2. The number of carbonyl (C=O) groups is 1. The van der Waals surface area contributed by atoms with E-state index in [0.717, 1.165) is 23.2 Å². The first kappa shape index (κ1) is 17.3. The van der Waals surface area contributed by atoms with E-state index < -0.39 is 0 Å². The zero-order valence-electron chi connectivity index (χ0n) is 14.0. The average Bonchev–Trinajstić information content (AvgIpc) is 2.78. The molecule has 0 bridgehead atoms. The largest absolute Gasteiger partial charge is 0.338 e. The lowest BCUT2D eigenvalue weighted by atomic mass is 10.1. The van der Waals surface area contributed by atoms with E-state index in [0.29, 0.717) is 11.7 Å². The van der Waals surface area contributed by atoms with Gasteiger partial charge in [0.15, 0.2) is 0 Å². The average molecular weight is 332 g/mol. The highest BCUT2D eigenvalue weighted by molar-refractivity contribution is 6.31. The van der Waals surface area contributed by atoms with Gasteiger partial charge in [-0.1, -0.05) is 42.8 Å². The number of likely N-dealkylation sites (N-methyl/N-ethyl adjacent to an activating group) is 1. The molecule has 0 aliphatic rings. The second-order valence-corrected chi connectivity index (χ2v) is 5.97. The van der Waals surface area contributed by atoms with Crippen LogP contribution >= 0.6 is 11.6 Å². The minimum Gasteiger partial charge on any atom is -0.338 e. The van der Waals surface area contributed by atoms with E-state index in [1.54, 1.807) is 29.8 Å². The van der Waals surface area contributed by atoms with Crippen molar-refractivity contribution in [1.29, 1.82) is 0 Å². The van der Waals surface area contributed by atoms with Gasteiger partial charge in [-0.3, -0.25) is 9.48 Å². The molecule has 0 N–H and O–H groups in total. The summed E-state index contributed by atoms with van der Waals surface area (Å²) in [4.78, 5) is 13.9. The van der Waals surface area contributed by atoms with Crippen LogP contribution in [0.1, 0.15) is 29.3 Å². The van der Waals surface area contributed by atoms with Crippen LogP contribution < -0.4 is 0 Å². The number of nitrogens with zero attached hydrogens (tertiary/aromatic N) is 3. The van der Waals surface area contributed by atoms with Crippen LogP contribution in [0.2, 0.25) is 5.15 Å². The summed E-state index contributed by atoms with van der Waals surface area (Å²) in [5, 5.41) is 4.76. The molecule has 0 aliphatic carbocycles. The molecule has 23 heavy (non-hydrogen) atoms. The summed E-state index contributed by atoms with van der Waals surface area (Å²) in [5.74, 6) is -0.0658. The summed E-state index contributed by atoms with van der Waals surface area (Å²) < 4.78 is 1.60. The molecule has 4 nitrogen and oxygen atoms in total. The van der Waals surface area contributed by atoms with E-state index in [1.807, 2.05) is 6.92 Å². The number of aromatic nitrogens is 2. The third-order valence-corrected chi connectivity index (χ3v) is 4.26. The van der Waals surface area contributed by atoms with E-state index in [1.165, 1.54) is 11.6 Å². The van der Waals surface area contributed by atoms with Gasteiger partial charge in [0.25, 0.3) is 0 Å². The molecule has 0 aliphatic heterocycles. The van der Waals surface area contributed by atoms with E-state index in [9.17, 15) is 4.79 Å². The van der Waals surface area contributed by atoms with Gasteiger partial charge in [0.2, 0.25) is 5.91 Å². The van der Waals surface area contributed by atoms with Crippen molar-refractivity contribution in [3.8, 4) is 0 Å². The molecule has 0 fully saturated rings. The smallest absolute Gasteiger partial charge is 0.246 e. The molecule has 122 valence electrons. The molecule has 5 heteroatoms. The van der Waals surface area contributed by atoms with Crippen molar-refractivity contribution in [3.63, 3.8) is 0 Å². The van der Waals surface area contributed by atoms with E-state index in [2.05, 4.69) is 36.3 Å². The van der Waals surface area contributed by atoms with Gasteiger partial charge in [-0.05, 0) is 30.5 Å². The Morgan fingerprint density at radius 3 is 2.43 bits per heavy atom. The third-order valence-electron chi connectivity index (χ3n) is 3.82. The fourth-order valence-electron chi connectivity index (χ4n) is 2.35. The van der Waals surface area contributed by atoms with Gasteiger partial charge in [-0.25, -0.2) is 0 Å². The van der Waals surface area contributed by atoms with Crippen LogP contribution in [0, 0.1) is 6.92 Å². The molecular formula is C18H22ClN3O. The van der Waals surface area contributed by atoms with Crippen LogP contribution in [0.25, 0.3) is 6.08 Å². The number of halogens is 1. The number of aryl methyl sites for hydroxylation is 3. The predicted molar refractivity (Wildman–Crippen MR) is 94.3 cm³/mol. The highest BCUT2D eigenvalue weighted by Crippen LogP contribution is 2.20. The SMILES string of the molecule is CCc1ccc(CN(C)C(=O)/C=C/c2c(C)nn(C)c2Cl)cc1. The van der Waals surface area contributed by atoms with Crippen molar-refractivity contribution >= 4 is 23.6 Å². The highest BCUT2D eigenvalue weighted by Gasteiger charge is 2.10. The van der Waals surface area contributed by atoms with Crippen LogP contribution in [-0.4, -0.2) is 27.6 Å². The van der Waals surface area contributed by atoms with Gasteiger partial charge < -0.3 is 4.90 Å². The Morgan fingerprint density at radius 1 is 1.30 bits per heavy atom. The summed E-state index contributed by atoms with van der Waals surface area (Å²) in [6, 6.07) is 8.33. The molecule has 0 unspecified atom stereocenters. The monoisotopic (exact) mass is 331 g/mol. The van der Waals surface area contributed by atoms with Gasteiger partial charge in [-0.15, -0.1) is 0 Å². The number of benzene rings is 1. The van der Waals surface area contributed by atoms with Gasteiger partial charge >= 0.3 is 0 Å². The predicted octanol–water partition coefficient (Wildman–Crippen LogP) is 3.62. The zero-order chi connectivity index (χ0) is 17.0. The topological polar surface area (TPSA) is 38.1 Å². The molecule has 0 saturated heterocycles. The summed E-state index contributed by atoms with van der Waals surface area (Å²) in [7, 11) is 3.57. The molecule has 1 aromatic carbocycles. The lowest BCUT2D eigenvalue weighted by molar-refractivity contribution is -0.125. The van der Waals surface area contributed by atoms with Crippen LogP contribution in [-0.2, 0) is 24.8 Å². The van der Waals surface area contributed by atoms with Crippen molar-refractivity contribution in [3.05, 3.63) is 57.9 Å². The van der Waals surface area contributed by atoms with E-state index in [-0.39, 0.29) is 5.91 Å². The van der Waals surface area contributed by atoms with Gasteiger partial charge in [-0.2, -0.15) is 5.10 Å².